The molecule has 314 valence electrons. The van der Waals surface area contributed by atoms with Crippen LogP contribution in [0.15, 0.2) is 48.6 Å². The van der Waals surface area contributed by atoms with Crippen molar-refractivity contribution in [3.05, 3.63) is 48.6 Å². The number of allylic oxidation sites excluding steroid dienone is 7. The maximum absolute atomic E-state index is 12.9. The molecule has 7 atom stereocenters. The number of aliphatic hydroxyl groups excluding tert-OH is 5. The van der Waals surface area contributed by atoms with Crippen molar-refractivity contribution in [3.63, 3.8) is 0 Å². The third-order valence-corrected chi connectivity index (χ3v) is 10.2. The molecule has 1 heterocycles. The van der Waals surface area contributed by atoms with Crippen molar-refractivity contribution in [2.45, 2.75) is 217 Å². The summed E-state index contributed by atoms with van der Waals surface area (Å²) in [5.41, 5.74) is 0. The fourth-order valence-corrected chi connectivity index (χ4v) is 6.64. The van der Waals surface area contributed by atoms with E-state index in [-0.39, 0.29) is 12.5 Å². The van der Waals surface area contributed by atoms with Gasteiger partial charge in [0.15, 0.2) is 6.29 Å². The van der Waals surface area contributed by atoms with Crippen LogP contribution in [0.1, 0.15) is 174 Å². The predicted molar refractivity (Wildman–Crippen MR) is 221 cm³/mol. The number of aliphatic hydroxyl groups is 5. The maximum atomic E-state index is 12.9. The Morgan fingerprint density at radius 1 is 0.648 bits per heavy atom. The van der Waals surface area contributed by atoms with Gasteiger partial charge >= 0.3 is 0 Å². The molecular formula is C45H81NO8. The van der Waals surface area contributed by atoms with Crippen LogP contribution in [0.3, 0.4) is 0 Å². The topological polar surface area (TPSA) is 149 Å². The van der Waals surface area contributed by atoms with Crippen molar-refractivity contribution < 1.29 is 39.8 Å². The third kappa shape index (κ3) is 26.1. The van der Waals surface area contributed by atoms with Gasteiger partial charge in [0.25, 0.3) is 0 Å². The molecule has 7 unspecified atom stereocenters. The van der Waals surface area contributed by atoms with Gasteiger partial charge in [0.1, 0.15) is 24.4 Å². The molecule has 0 aliphatic carbocycles. The Hall–Kier alpha value is -1.85. The highest BCUT2D eigenvalue weighted by atomic mass is 16.7. The van der Waals surface area contributed by atoms with Crippen LogP contribution in [-0.2, 0) is 14.3 Å². The SMILES string of the molecule is CC/C=C\C/C=C\C/C=C\CCCCCCCC(=O)NC(COC1OC(CO)C(O)C(O)C1O)C(O)/C=C/CCCCCCCCCCCCCCCC. The smallest absolute Gasteiger partial charge is 0.220 e. The monoisotopic (exact) mass is 764 g/mol. The second-order valence-corrected chi connectivity index (χ2v) is 15.1. The molecule has 6 N–H and O–H groups in total. The number of nitrogens with one attached hydrogen (secondary N) is 1. The van der Waals surface area contributed by atoms with Crippen LogP contribution in [0.4, 0.5) is 0 Å². The molecule has 1 aliphatic heterocycles. The quantitative estimate of drug-likeness (QED) is 0.0278. The largest absolute Gasteiger partial charge is 0.394 e. The minimum Gasteiger partial charge on any atom is -0.394 e. The van der Waals surface area contributed by atoms with Crippen LogP contribution in [-0.4, -0.2) is 87.5 Å². The first-order valence-corrected chi connectivity index (χ1v) is 21.9. The molecule has 1 amide bonds. The van der Waals surface area contributed by atoms with Crippen LogP contribution < -0.4 is 5.32 Å². The second kappa shape index (κ2) is 35.6. The van der Waals surface area contributed by atoms with Crippen molar-refractivity contribution in [1.29, 1.82) is 0 Å². The molecule has 9 nitrogen and oxygen atoms in total. The maximum Gasteiger partial charge on any atom is 0.220 e. The highest BCUT2D eigenvalue weighted by molar-refractivity contribution is 5.76. The molecule has 1 fully saturated rings. The van der Waals surface area contributed by atoms with Gasteiger partial charge in [-0.2, -0.15) is 0 Å². The van der Waals surface area contributed by atoms with E-state index in [2.05, 4.69) is 55.6 Å². The minimum absolute atomic E-state index is 0.196. The average molecular weight is 764 g/mol. The fourth-order valence-electron chi connectivity index (χ4n) is 6.64. The summed E-state index contributed by atoms with van der Waals surface area (Å²) in [4.78, 5) is 12.9. The summed E-state index contributed by atoms with van der Waals surface area (Å²) in [7, 11) is 0. The Kier molecular flexibility index (Phi) is 33.0. The number of unbranched alkanes of at least 4 members (excludes halogenated alkanes) is 19. The van der Waals surface area contributed by atoms with Gasteiger partial charge in [-0.15, -0.1) is 0 Å². The van der Waals surface area contributed by atoms with Crippen molar-refractivity contribution in [3.8, 4) is 0 Å². The molecule has 0 spiro atoms. The highest BCUT2D eigenvalue weighted by Crippen LogP contribution is 2.22. The van der Waals surface area contributed by atoms with Gasteiger partial charge < -0.3 is 40.3 Å². The fraction of sp³-hybridized carbons (Fsp3) is 0.800. The molecule has 9 heteroatoms. The van der Waals surface area contributed by atoms with Gasteiger partial charge in [-0.1, -0.05) is 165 Å². The van der Waals surface area contributed by atoms with E-state index in [1.807, 2.05) is 6.08 Å². The van der Waals surface area contributed by atoms with Gasteiger partial charge in [-0.05, 0) is 51.4 Å². The zero-order valence-electron chi connectivity index (χ0n) is 34.2. The van der Waals surface area contributed by atoms with E-state index in [0.717, 1.165) is 77.0 Å². The van der Waals surface area contributed by atoms with Gasteiger partial charge in [-0.3, -0.25) is 4.79 Å². The lowest BCUT2D eigenvalue weighted by Crippen LogP contribution is -2.60. The number of carbonyl (C=O) groups excluding carboxylic acids is 1. The first-order valence-electron chi connectivity index (χ1n) is 21.9. The Morgan fingerprint density at radius 2 is 1.15 bits per heavy atom. The Bertz CT molecular complexity index is 983. The average Bonchev–Trinajstić information content (AvgIpc) is 3.17. The van der Waals surface area contributed by atoms with E-state index in [0.29, 0.717) is 6.42 Å². The van der Waals surface area contributed by atoms with E-state index in [1.54, 1.807) is 6.08 Å². The van der Waals surface area contributed by atoms with Crippen LogP contribution in [0.5, 0.6) is 0 Å². The Balaban J connectivity index is 2.41. The Labute approximate surface area is 329 Å². The van der Waals surface area contributed by atoms with Crippen molar-refractivity contribution in [2.24, 2.45) is 0 Å². The molecule has 0 bridgehead atoms. The summed E-state index contributed by atoms with van der Waals surface area (Å²) in [5, 5.41) is 54.1. The number of hydrogen-bond donors (Lipinski definition) is 6. The molecule has 0 saturated carbocycles. The van der Waals surface area contributed by atoms with Crippen LogP contribution in [0, 0.1) is 0 Å². The number of amides is 1. The molecule has 0 aromatic rings. The number of carbonyl (C=O) groups is 1. The van der Waals surface area contributed by atoms with E-state index in [1.165, 1.54) is 77.0 Å². The molecule has 1 rings (SSSR count). The van der Waals surface area contributed by atoms with Crippen LogP contribution in [0.2, 0.25) is 0 Å². The molecule has 54 heavy (non-hydrogen) atoms. The first kappa shape index (κ1) is 50.2. The van der Waals surface area contributed by atoms with Crippen molar-refractivity contribution in [1.82, 2.24) is 5.32 Å². The van der Waals surface area contributed by atoms with E-state index in [4.69, 9.17) is 9.47 Å². The van der Waals surface area contributed by atoms with Gasteiger partial charge in [-0.25, -0.2) is 0 Å². The lowest BCUT2D eigenvalue weighted by Gasteiger charge is -2.40. The van der Waals surface area contributed by atoms with Crippen LogP contribution >= 0.6 is 0 Å². The molecule has 0 aromatic heterocycles. The summed E-state index contributed by atoms with van der Waals surface area (Å²) < 4.78 is 11.2. The zero-order valence-corrected chi connectivity index (χ0v) is 34.2. The molecule has 0 radical (unpaired) electrons. The van der Waals surface area contributed by atoms with Gasteiger partial charge in [0.05, 0.1) is 25.4 Å². The van der Waals surface area contributed by atoms with Crippen LogP contribution in [0.25, 0.3) is 0 Å². The number of ether oxygens (including phenoxy) is 2. The molecule has 0 aromatic carbocycles. The standard InChI is InChI=1S/C45H81NO8/c1-3-5-7-9-11-13-15-17-19-21-22-24-26-28-30-32-34-39(48)38(37-53-45-44(52)43(51)42(50)40(36-47)54-45)46-41(49)35-33-31-29-27-25-23-20-18-16-14-12-10-8-6-4-2/h6,8,12,14,18,20,32,34,38-40,42-45,47-48,50-52H,3-5,7,9-11,13,15-17,19,21-31,33,35-37H2,1-2H3,(H,46,49)/b8-6-,14-12-,20-18-,34-32+. The van der Waals surface area contributed by atoms with Gasteiger partial charge in [0, 0.05) is 6.42 Å². The van der Waals surface area contributed by atoms with E-state index < -0.39 is 49.5 Å². The molecular weight excluding hydrogens is 682 g/mol. The van der Waals surface area contributed by atoms with Crippen molar-refractivity contribution >= 4 is 5.91 Å². The van der Waals surface area contributed by atoms with Crippen molar-refractivity contribution in [2.75, 3.05) is 13.2 Å². The number of rotatable bonds is 35. The van der Waals surface area contributed by atoms with E-state index in [9.17, 15) is 30.3 Å². The van der Waals surface area contributed by atoms with E-state index >= 15 is 0 Å². The third-order valence-electron chi connectivity index (χ3n) is 10.2. The second-order valence-electron chi connectivity index (χ2n) is 15.1. The molecule has 1 aliphatic rings. The summed E-state index contributed by atoms with van der Waals surface area (Å²) in [6.45, 7) is 3.64. The molecule has 1 saturated heterocycles. The summed E-state index contributed by atoms with van der Waals surface area (Å²) in [5.74, 6) is -0.196. The highest BCUT2D eigenvalue weighted by Gasteiger charge is 2.44. The Morgan fingerprint density at radius 3 is 1.70 bits per heavy atom. The summed E-state index contributed by atoms with van der Waals surface area (Å²) in [6, 6.07) is -0.813. The zero-order chi connectivity index (χ0) is 39.5. The first-order chi connectivity index (χ1) is 26.3. The summed E-state index contributed by atoms with van der Waals surface area (Å²) in [6.07, 6.45) is 37.2. The lowest BCUT2D eigenvalue weighted by molar-refractivity contribution is -0.302. The predicted octanol–water partition coefficient (Wildman–Crippen LogP) is 8.67. The number of hydrogen-bond acceptors (Lipinski definition) is 8. The minimum atomic E-state index is -1.57. The normalized spacial score (nSPS) is 21.9. The lowest BCUT2D eigenvalue weighted by atomic mass is 9.99. The summed E-state index contributed by atoms with van der Waals surface area (Å²) >= 11 is 0. The van der Waals surface area contributed by atoms with Gasteiger partial charge in [0.2, 0.25) is 5.91 Å².